The molecule has 0 atom stereocenters. The summed E-state index contributed by atoms with van der Waals surface area (Å²) in [5.41, 5.74) is 2.24. The second-order valence-electron chi connectivity index (χ2n) is 7.86. The van der Waals surface area contributed by atoms with Crippen LogP contribution in [0.3, 0.4) is 0 Å². The van der Waals surface area contributed by atoms with Gasteiger partial charge >= 0.3 is 5.97 Å². The number of anilines is 2. The van der Waals surface area contributed by atoms with Crippen molar-refractivity contribution in [3.63, 3.8) is 0 Å². The van der Waals surface area contributed by atoms with Gasteiger partial charge in [-0.3, -0.25) is 4.68 Å². The summed E-state index contributed by atoms with van der Waals surface area (Å²) in [7, 11) is 1.91. The van der Waals surface area contributed by atoms with E-state index >= 15 is 0 Å². The van der Waals surface area contributed by atoms with Gasteiger partial charge in [0.25, 0.3) is 0 Å². The number of pyridine rings is 1. The van der Waals surface area contributed by atoms with Gasteiger partial charge in [-0.1, -0.05) is 24.3 Å². The minimum Gasteiger partial charge on any atom is -0.462 e. The molecule has 0 bridgehead atoms. The van der Waals surface area contributed by atoms with Crippen LogP contribution in [0.4, 0.5) is 11.6 Å². The minimum absolute atomic E-state index is 0.346. The van der Waals surface area contributed by atoms with Crippen LogP contribution in [0, 0.1) is 0 Å². The van der Waals surface area contributed by atoms with Gasteiger partial charge in [0.2, 0.25) is 0 Å². The van der Waals surface area contributed by atoms with Crippen molar-refractivity contribution in [1.29, 1.82) is 0 Å². The molecule has 1 aliphatic heterocycles. The SMILES string of the molecule is CCOC(=O)c1ccc(N2CCN(c3nnc(-c4ccnn4C)c4ccccc34)CC2)nc1. The Balaban J connectivity index is 1.35. The van der Waals surface area contributed by atoms with E-state index in [9.17, 15) is 4.79 Å². The Morgan fingerprint density at radius 2 is 1.73 bits per heavy atom. The molecule has 9 heteroatoms. The lowest BCUT2D eigenvalue weighted by Crippen LogP contribution is -2.47. The minimum atomic E-state index is -0.346. The summed E-state index contributed by atoms with van der Waals surface area (Å²) in [6.07, 6.45) is 3.35. The quantitative estimate of drug-likeness (QED) is 0.435. The molecular weight excluding hydrogens is 418 g/mol. The van der Waals surface area contributed by atoms with E-state index in [0.717, 1.165) is 60.0 Å². The Morgan fingerprint density at radius 3 is 2.39 bits per heavy atom. The zero-order valence-corrected chi connectivity index (χ0v) is 18.7. The van der Waals surface area contributed by atoms with E-state index in [1.807, 2.05) is 36.0 Å². The van der Waals surface area contributed by atoms with Crippen molar-refractivity contribution < 1.29 is 9.53 Å². The average molecular weight is 444 g/mol. The number of carbonyl (C=O) groups excluding carboxylic acids is 1. The van der Waals surface area contributed by atoms with E-state index in [2.05, 4.69) is 42.2 Å². The summed E-state index contributed by atoms with van der Waals surface area (Å²) in [6.45, 7) is 5.33. The first-order chi connectivity index (χ1) is 16.2. The van der Waals surface area contributed by atoms with Crippen LogP contribution in [-0.2, 0) is 11.8 Å². The highest BCUT2D eigenvalue weighted by molar-refractivity contribution is 5.99. The number of hydrogen-bond donors (Lipinski definition) is 0. The molecule has 0 unspecified atom stereocenters. The maximum atomic E-state index is 11.9. The van der Waals surface area contributed by atoms with Crippen LogP contribution in [0.25, 0.3) is 22.2 Å². The van der Waals surface area contributed by atoms with Crippen LogP contribution < -0.4 is 9.80 Å². The molecule has 4 heterocycles. The molecule has 0 radical (unpaired) electrons. The fourth-order valence-corrected chi connectivity index (χ4v) is 4.17. The Morgan fingerprint density at radius 1 is 0.970 bits per heavy atom. The number of carbonyl (C=O) groups is 1. The zero-order chi connectivity index (χ0) is 22.8. The monoisotopic (exact) mass is 443 g/mol. The number of ether oxygens (including phenoxy) is 1. The van der Waals surface area contributed by atoms with Gasteiger partial charge in [-0.15, -0.1) is 10.2 Å². The number of fused-ring (bicyclic) bond motifs is 1. The van der Waals surface area contributed by atoms with E-state index in [4.69, 9.17) is 4.74 Å². The number of nitrogens with zero attached hydrogens (tertiary/aromatic N) is 7. The van der Waals surface area contributed by atoms with Gasteiger partial charge in [0.05, 0.1) is 17.9 Å². The summed E-state index contributed by atoms with van der Waals surface area (Å²) in [5, 5.41) is 15.6. The van der Waals surface area contributed by atoms with Crippen LogP contribution >= 0.6 is 0 Å². The van der Waals surface area contributed by atoms with Gasteiger partial charge in [-0.05, 0) is 25.1 Å². The lowest BCUT2D eigenvalue weighted by Gasteiger charge is -2.36. The zero-order valence-electron chi connectivity index (χ0n) is 18.7. The lowest BCUT2D eigenvalue weighted by molar-refractivity contribution is 0.0526. The topological polar surface area (TPSA) is 89.3 Å². The van der Waals surface area contributed by atoms with Gasteiger partial charge in [0.15, 0.2) is 5.82 Å². The third kappa shape index (κ3) is 3.97. The largest absolute Gasteiger partial charge is 0.462 e. The predicted octanol–water partition coefficient (Wildman–Crippen LogP) is 2.93. The van der Waals surface area contributed by atoms with Crippen molar-refractivity contribution in [2.75, 3.05) is 42.6 Å². The van der Waals surface area contributed by atoms with Crippen molar-refractivity contribution in [3.05, 3.63) is 60.4 Å². The highest BCUT2D eigenvalue weighted by atomic mass is 16.5. The number of benzene rings is 1. The average Bonchev–Trinajstić information content (AvgIpc) is 3.29. The first-order valence-electron chi connectivity index (χ1n) is 11.0. The van der Waals surface area contributed by atoms with Crippen molar-refractivity contribution >= 4 is 28.4 Å². The number of aryl methyl sites for hydroxylation is 1. The molecule has 168 valence electrons. The van der Waals surface area contributed by atoms with Crippen molar-refractivity contribution in [2.24, 2.45) is 7.05 Å². The van der Waals surface area contributed by atoms with Crippen LogP contribution in [0.5, 0.6) is 0 Å². The third-order valence-electron chi connectivity index (χ3n) is 5.89. The lowest BCUT2D eigenvalue weighted by atomic mass is 10.1. The number of esters is 1. The van der Waals surface area contributed by atoms with Crippen LogP contribution in [0.1, 0.15) is 17.3 Å². The van der Waals surface area contributed by atoms with Crippen molar-refractivity contribution in [2.45, 2.75) is 6.92 Å². The molecule has 4 aromatic rings. The molecule has 33 heavy (non-hydrogen) atoms. The maximum Gasteiger partial charge on any atom is 0.339 e. The van der Waals surface area contributed by atoms with Gasteiger partial charge in [-0.25, -0.2) is 9.78 Å². The van der Waals surface area contributed by atoms with Crippen LogP contribution in [0.2, 0.25) is 0 Å². The summed E-state index contributed by atoms with van der Waals surface area (Å²) < 4.78 is 6.85. The molecule has 1 fully saturated rings. The Bertz CT molecular complexity index is 1280. The van der Waals surface area contributed by atoms with Gasteiger partial charge in [0, 0.05) is 56.4 Å². The molecule has 5 rings (SSSR count). The van der Waals surface area contributed by atoms with E-state index in [1.54, 1.807) is 25.4 Å². The van der Waals surface area contributed by atoms with E-state index in [1.165, 1.54) is 0 Å². The maximum absolute atomic E-state index is 11.9. The van der Waals surface area contributed by atoms with Crippen LogP contribution in [0.15, 0.2) is 54.9 Å². The second-order valence-corrected chi connectivity index (χ2v) is 7.86. The second kappa shape index (κ2) is 8.85. The van der Waals surface area contributed by atoms with Crippen molar-refractivity contribution in [1.82, 2.24) is 25.0 Å². The Hall–Kier alpha value is -4.01. The molecule has 1 aromatic carbocycles. The summed E-state index contributed by atoms with van der Waals surface area (Å²) in [4.78, 5) is 20.8. The molecule has 0 saturated carbocycles. The smallest absolute Gasteiger partial charge is 0.339 e. The molecular formula is C24H25N7O2. The number of piperazine rings is 1. The molecule has 9 nitrogen and oxygen atoms in total. The first-order valence-corrected chi connectivity index (χ1v) is 11.0. The molecule has 0 amide bonds. The highest BCUT2D eigenvalue weighted by Crippen LogP contribution is 2.31. The van der Waals surface area contributed by atoms with Gasteiger partial charge in [-0.2, -0.15) is 5.10 Å². The van der Waals surface area contributed by atoms with E-state index in [-0.39, 0.29) is 5.97 Å². The van der Waals surface area contributed by atoms with E-state index in [0.29, 0.717) is 12.2 Å². The highest BCUT2D eigenvalue weighted by Gasteiger charge is 2.23. The molecule has 3 aromatic heterocycles. The molecule has 0 N–H and O–H groups in total. The number of aromatic nitrogens is 5. The van der Waals surface area contributed by atoms with Gasteiger partial charge in [0.1, 0.15) is 11.5 Å². The Labute approximate surface area is 191 Å². The standard InChI is InChI=1S/C24H25N7O2/c1-3-33-24(32)17-8-9-21(25-16-17)30-12-14-31(15-13-30)23-19-7-5-4-6-18(19)22(27-28-23)20-10-11-26-29(20)2/h4-11,16H,3,12-15H2,1-2H3. The normalized spacial score (nSPS) is 14.0. The summed E-state index contributed by atoms with van der Waals surface area (Å²) in [5.74, 6) is 1.40. The van der Waals surface area contributed by atoms with E-state index < -0.39 is 0 Å². The molecule has 0 aliphatic carbocycles. The first kappa shape index (κ1) is 20.9. The van der Waals surface area contributed by atoms with Gasteiger partial charge < -0.3 is 14.5 Å². The molecule has 1 saturated heterocycles. The predicted molar refractivity (Wildman–Crippen MR) is 126 cm³/mol. The van der Waals surface area contributed by atoms with Crippen LogP contribution in [-0.4, -0.2) is 63.7 Å². The summed E-state index contributed by atoms with van der Waals surface area (Å²) >= 11 is 0. The fraction of sp³-hybridized carbons (Fsp3) is 0.292. The molecule has 1 aliphatic rings. The summed E-state index contributed by atoms with van der Waals surface area (Å²) in [6, 6.07) is 13.8. The third-order valence-corrected chi connectivity index (χ3v) is 5.89. The number of rotatable bonds is 5. The fourth-order valence-electron chi connectivity index (χ4n) is 4.17. The number of hydrogen-bond acceptors (Lipinski definition) is 8. The van der Waals surface area contributed by atoms with Crippen molar-refractivity contribution in [3.8, 4) is 11.4 Å². The Kier molecular flexibility index (Phi) is 5.60. The molecule has 0 spiro atoms.